The highest BCUT2D eigenvalue weighted by atomic mass is 19.4. The Hall–Kier alpha value is -3.73. The molecule has 0 saturated carbocycles. The van der Waals surface area contributed by atoms with E-state index in [4.69, 9.17) is 16.7 Å². The molecule has 0 spiro atoms. The number of nitrogens with one attached hydrogen (secondary N) is 2. The summed E-state index contributed by atoms with van der Waals surface area (Å²) in [4.78, 5) is 22.6. The van der Waals surface area contributed by atoms with Crippen molar-refractivity contribution in [3.8, 4) is 0 Å². The molecule has 0 atom stereocenters. The van der Waals surface area contributed by atoms with Gasteiger partial charge in [0.1, 0.15) is 0 Å². The lowest BCUT2D eigenvalue weighted by atomic mass is 10.1. The van der Waals surface area contributed by atoms with Crippen molar-refractivity contribution in [2.45, 2.75) is 19.0 Å². The summed E-state index contributed by atoms with van der Waals surface area (Å²) in [5.74, 6) is 4.85. The first-order chi connectivity index (χ1) is 14.1. The number of para-hydroxylation sites is 1. The van der Waals surface area contributed by atoms with Crippen molar-refractivity contribution in [3.63, 3.8) is 0 Å². The molecule has 0 unspecified atom stereocenters. The Bertz CT molecular complexity index is 930. The molecule has 0 aliphatic rings. The second-order valence-electron chi connectivity index (χ2n) is 6.17. The first-order valence-corrected chi connectivity index (χ1v) is 8.62. The van der Waals surface area contributed by atoms with Crippen LogP contribution in [0.1, 0.15) is 18.4 Å². The third kappa shape index (κ3) is 6.71. The second kappa shape index (κ2) is 9.65. The van der Waals surface area contributed by atoms with Gasteiger partial charge in [0.25, 0.3) is 0 Å². The second-order valence-corrected chi connectivity index (χ2v) is 6.17. The van der Waals surface area contributed by atoms with Crippen molar-refractivity contribution in [1.82, 2.24) is 0 Å². The van der Waals surface area contributed by atoms with Crippen molar-refractivity contribution in [2.24, 2.45) is 11.6 Å². The maximum atomic E-state index is 13.0. The van der Waals surface area contributed by atoms with Crippen LogP contribution in [0.15, 0.2) is 60.4 Å². The summed E-state index contributed by atoms with van der Waals surface area (Å²) in [6, 6.07) is 9.85. The SMILES string of the molecule is N/C(=C\N(N)c1ccc(NC(=O)Nc2ccccc2C(F)(F)F)cc1)CCC(=O)O. The number of nitrogens with two attached hydrogens (primary N) is 2. The number of carboxylic acid groups (broad SMARTS) is 1. The first-order valence-electron chi connectivity index (χ1n) is 8.62. The number of amides is 2. The maximum Gasteiger partial charge on any atom is 0.418 e. The Morgan fingerprint density at radius 3 is 2.27 bits per heavy atom. The van der Waals surface area contributed by atoms with E-state index >= 15 is 0 Å². The highest BCUT2D eigenvalue weighted by Gasteiger charge is 2.33. The van der Waals surface area contributed by atoms with E-state index < -0.39 is 23.7 Å². The number of alkyl halides is 3. The van der Waals surface area contributed by atoms with Crippen molar-refractivity contribution >= 4 is 29.1 Å². The predicted octanol–water partition coefficient (Wildman–Crippen LogP) is 3.69. The van der Waals surface area contributed by atoms with Crippen LogP contribution in [-0.2, 0) is 11.0 Å². The molecule has 11 heteroatoms. The Balaban J connectivity index is 2.00. The van der Waals surface area contributed by atoms with Crippen LogP contribution in [0.2, 0.25) is 0 Å². The van der Waals surface area contributed by atoms with Gasteiger partial charge in [-0.25, -0.2) is 10.6 Å². The number of benzene rings is 2. The molecule has 7 N–H and O–H groups in total. The Kier molecular flexibility index (Phi) is 7.26. The third-order valence-corrected chi connectivity index (χ3v) is 3.84. The molecule has 2 aromatic carbocycles. The fourth-order valence-corrected chi connectivity index (χ4v) is 2.41. The van der Waals surface area contributed by atoms with Gasteiger partial charge in [-0.15, -0.1) is 0 Å². The molecule has 0 aromatic heterocycles. The average Bonchev–Trinajstić information content (AvgIpc) is 2.66. The zero-order valence-corrected chi connectivity index (χ0v) is 15.6. The lowest BCUT2D eigenvalue weighted by molar-refractivity contribution is -0.137. The number of hydrogen-bond donors (Lipinski definition) is 5. The molecule has 0 fully saturated rings. The minimum atomic E-state index is -4.60. The van der Waals surface area contributed by atoms with E-state index in [1.807, 2.05) is 0 Å². The van der Waals surface area contributed by atoms with Crippen molar-refractivity contribution in [3.05, 3.63) is 66.0 Å². The summed E-state index contributed by atoms with van der Waals surface area (Å²) in [5, 5.41) is 14.4. The normalized spacial score (nSPS) is 11.7. The summed E-state index contributed by atoms with van der Waals surface area (Å²) in [5.41, 5.74) is 5.45. The zero-order chi connectivity index (χ0) is 22.3. The average molecular weight is 423 g/mol. The monoisotopic (exact) mass is 423 g/mol. The molecule has 0 radical (unpaired) electrons. The number of urea groups is 1. The number of carbonyl (C=O) groups excluding carboxylic acids is 1. The molecule has 2 aromatic rings. The van der Waals surface area contributed by atoms with Gasteiger partial charge in [0.15, 0.2) is 0 Å². The van der Waals surface area contributed by atoms with Gasteiger partial charge in [0.2, 0.25) is 0 Å². The highest BCUT2D eigenvalue weighted by Crippen LogP contribution is 2.34. The van der Waals surface area contributed by atoms with Gasteiger partial charge in [-0.2, -0.15) is 13.2 Å². The summed E-state index contributed by atoms with van der Waals surface area (Å²) >= 11 is 0. The molecule has 2 amide bonds. The number of carboxylic acids is 1. The number of nitrogens with zero attached hydrogens (tertiary/aromatic N) is 1. The summed E-state index contributed by atoms with van der Waals surface area (Å²) in [6.07, 6.45) is -3.24. The Labute approximate surface area is 169 Å². The van der Waals surface area contributed by atoms with E-state index in [0.29, 0.717) is 11.4 Å². The largest absolute Gasteiger partial charge is 0.481 e. The predicted molar refractivity (Wildman–Crippen MR) is 106 cm³/mol. The van der Waals surface area contributed by atoms with Crippen LogP contribution in [0.4, 0.5) is 35.0 Å². The smallest absolute Gasteiger partial charge is 0.418 e. The van der Waals surface area contributed by atoms with Crippen molar-refractivity contribution in [2.75, 3.05) is 15.6 Å². The van der Waals surface area contributed by atoms with E-state index in [1.165, 1.54) is 35.5 Å². The number of anilines is 3. The lowest BCUT2D eigenvalue weighted by Gasteiger charge is -2.16. The molecule has 160 valence electrons. The van der Waals surface area contributed by atoms with Crippen LogP contribution < -0.4 is 27.2 Å². The highest BCUT2D eigenvalue weighted by molar-refractivity contribution is 6.00. The molecule has 0 bridgehead atoms. The van der Waals surface area contributed by atoms with Crippen LogP contribution in [0.5, 0.6) is 0 Å². The molecule has 30 heavy (non-hydrogen) atoms. The van der Waals surface area contributed by atoms with E-state index in [2.05, 4.69) is 10.6 Å². The van der Waals surface area contributed by atoms with Gasteiger partial charge in [0, 0.05) is 17.6 Å². The molecule has 0 saturated heterocycles. The lowest BCUT2D eigenvalue weighted by Crippen LogP contribution is -2.26. The van der Waals surface area contributed by atoms with Gasteiger partial charge in [0.05, 0.1) is 23.4 Å². The number of allylic oxidation sites excluding steroid dienone is 1. The van der Waals surface area contributed by atoms with E-state index in [1.54, 1.807) is 12.1 Å². The molecule has 0 aliphatic carbocycles. The number of hydrogen-bond acceptors (Lipinski definition) is 5. The minimum absolute atomic E-state index is 0.127. The van der Waals surface area contributed by atoms with E-state index in [9.17, 15) is 22.8 Å². The Morgan fingerprint density at radius 1 is 1.03 bits per heavy atom. The fraction of sp³-hybridized carbons (Fsp3) is 0.158. The van der Waals surface area contributed by atoms with Crippen molar-refractivity contribution in [1.29, 1.82) is 0 Å². The quantitative estimate of drug-likeness (QED) is 0.341. The number of carbonyl (C=O) groups is 2. The summed E-state index contributed by atoms with van der Waals surface area (Å²) < 4.78 is 39.0. The van der Waals surface area contributed by atoms with Crippen LogP contribution in [0.25, 0.3) is 0 Å². The number of aliphatic carboxylic acids is 1. The van der Waals surface area contributed by atoms with Gasteiger partial charge in [-0.1, -0.05) is 12.1 Å². The van der Waals surface area contributed by atoms with Crippen molar-refractivity contribution < 1.29 is 27.9 Å². The van der Waals surface area contributed by atoms with Crippen LogP contribution >= 0.6 is 0 Å². The molecular formula is C19H20F3N5O3. The maximum absolute atomic E-state index is 13.0. The minimum Gasteiger partial charge on any atom is -0.481 e. The summed E-state index contributed by atoms with van der Waals surface area (Å²) in [7, 11) is 0. The Morgan fingerprint density at radius 2 is 1.67 bits per heavy atom. The van der Waals surface area contributed by atoms with Crippen LogP contribution in [-0.4, -0.2) is 17.1 Å². The molecule has 0 heterocycles. The standard InChI is InChI=1S/C19H20F3N5O3/c20-19(21,22)15-3-1-2-4-16(15)26-18(30)25-13-6-8-14(9-7-13)27(24)11-12(23)5-10-17(28)29/h1-4,6-9,11H,5,10,23-24H2,(H,28,29)(H2,25,26,30)/b12-11-. The van der Waals surface area contributed by atoms with Gasteiger partial charge < -0.3 is 21.5 Å². The zero-order valence-electron chi connectivity index (χ0n) is 15.6. The number of hydrazine groups is 1. The fourth-order valence-electron chi connectivity index (χ4n) is 2.41. The van der Waals surface area contributed by atoms with E-state index in [-0.39, 0.29) is 24.2 Å². The van der Waals surface area contributed by atoms with Gasteiger partial charge in [-0.3, -0.25) is 9.80 Å². The van der Waals surface area contributed by atoms with Crippen LogP contribution in [0, 0.1) is 0 Å². The third-order valence-electron chi connectivity index (χ3n) is 3.84. The molecular weight excluding hydrogens is 403 g/mol. The molecule has 0 aliphatic heterocycles. The molecule has 8 nitrogen and oxygen atoms in total. The van der Waals surface area contributed by atoms with E-state index in [0.717, 1.165) is 12.1 Å². The molecule has 2 rings (SSSR count). The van der Waals surface area contributed by atoms with Crippen LogP contribution in [0.3, 0.4) is 0 Å². The first kappa shape index (κ1) is 22.6. The van der Waals surface area contributed by atoms with Gasteiger partial charge in [-0.05, 0) is 42.8 Å². The topological polar surface area (TPSA) is 134 Å². The summed E-state index contributed by atoms with van der Waals surface area (Å²) in [6.45, 7) is 0. The van der Waals surface area contributed by atoms with Gasteiger partial charge >= 0.3 is 18.2 Å². The number of rotatable bonds is 7. The number of halogens is 3.